The molecule has 2 N–H and O–H groups in total. The van der Waals surface area contributed by atoms with E-state index in [9.17, 15) is 8.78 Å². The van der Waals surface area contributed by atoms with Crippen LogP contribution in [0.5, 0.6) is 0 Å². The fourth-order valence-electron chi connectivity index (χ4n) is 2.21. The first-order chi connectivity index (χ1) is 9.63. The molecule has 0 aromatic heterocycles. The van der Waals surface area contributed by atoms with Crippen LogP contribution in [0.2, 0.25) is 0 Å². The summed E-state index contributed by atoms with van der Waals surface area (Å²) >= 11 is 0. The molecule has 0 aliphatic rings. The van der Waals surface area contributed by atoms with Crippen LogP contribution in [0.15, 0.2) is 42.5 Å². The highest BCUT2D eigenvalue weighted by atomic mass is 19.2. The highest BCUT2D eigenvalue weighted by Gasteiger charge is 2.14. The Hall–Kier alpha value is -2.10. The second-order valence-corrected chi connectivity index (χ2v) is 4.69. The lowest BCUT2D eigenvalue weighted by atomic mass is 10.1. The summed E-state index contributed by atoms with van der Waals surface area (Å²) in [7, 11) is 0. The molecule has 0 spiro atoms. The van der Waals surface area contributed by atoms with E-state index in [0.717, 1.165) is 24.7 Å². The minimum atomic E-state index is -0.819. The second-order valence-electron chi connectivity index (χ2n) is 4.69. The van der Waals surface area contributed by atoms with E-state index >= 15 is 0 Å². The van der Waals surface area contributed by atoms with E-state index in [1.165, 1.54) is 6.07 Å². The van der Waals surface area contributed by atoms with Gasteiger partial charge in [-0.1, -0.05) is 31.2 Å². The number of hydrogen-bond donors (Lipinski definition) is 1. The van der Waals surface area contributed by atoms with E-state index in [1.807, 2.05) is 30.0 Å². The third kappa shape index (κ3) is 3.07. The Morgan fingerprint density at radius 1 is 1.05 bits per heavy atom. The van der Waals surface area contributed by atoms with Gasteiger partial charge in [0.2, 0.25) is 0 Å². The van der Waals surface area contributed by atoms with Crippen LogP contribution >= 0.6 is 0 Å². The zero-order valence-electron chi connectivity index (χ0n) is 11.4. The molecule has 0 heterocycles. The topological polar surface area (TPSA) is 29.3 Å². The standard InChI is InChI=1S/C16H18F2N2/c1-2-10-20(15-9-4-3-8-14(15)19)11-12-6-5-7-13(17)16(12)18/h3-9H,2,10-11,19H2,1H3. The summed E-state index contributed by atoms with van der Waals surface area (Å²) in [6.07, 6.45) is 0.894. The average molecular weight is 276 g/mol. The van der Waals surface area contributed by atoms with Crippen LogP contribution in [0.1, 0.15) is 18.9 Å². The Labute approximate surface area is 117 Å². The molecule has 2 rings (SSSR count). The van der Waals surface area contributed by atoms with Crippen molar-refractivity contribution in [1.29, 1.82) is 0 Å². The molecule has 0 atom stereocenters. The van der Waals surface area contributed by atoms with Gasteiger partial charge in [0.05, 0.1) is 11.4 Å². The fourth-order valence-corrected chi connectivity index (χ4v) is 2.21. The summed E-state index contributed by atoms with van der Waals surface area (Å²) in [6.45, 7) is 3.06. The minimum absolute atomic E-state index is 0.297. The predicted octanol–water partition coefficient (Wildman–Crippen LogP) is 3.96. The number of rotatable bonds is 5. The number of benzene rings is 2. The lowest BCUT2D eigenvalue weighted by Gasteiger charge is -2.26. The molecule has 0 saturated carbocycles. The summed E-state index contributed by atoms with van der Waals surface area (Å²) in [6, 6.07) is 11.7. The van der Waals surface area contributed by atoms with Crippen LogP contribution in [-0.4, -0.2) is 6.54 Å². The van der Waals surface area contributed by atoms with Crippen LogP contribution in [0.3, 0.4) is 0 Å². The normalized spacial score (nSPS) is 10.6. The van der Waals surface area contributed by atoms with Crippen molar-refractivity contribution in [3.63, 3.8) is 0 Å². The van der Waals surface area contributed by atoms with Gasteiger partial charge < -0.3 is 10.6 Å². The fraction of sp³-hybridized carbons (Fsp3) is 0.250. The molecule has 0 aliphatic heterocycles. The molecule has 2 aromatic rings. The molecular formula is C16H18F2N2. The van der Waals surface area contributed by atoms with Gasteiger partial charge >= 0.3 is 0 Å². The molecule has 0 fully saturated rings. The molecular weight excluding hydrogens is 258 g/mol. The van der Waals surface area contributed by atoms with Crippen LogP contribution in [0, 0.1) is 11.6 Å². The predicted molar refractivity (Wildman–Crippen MR) is 78.6 cm³/mol. The largest absolute Gasteiger partial charge is 0.397 e. The summed E-state index contributed by atoms with van der Waals surface area (Å²) in [5.74, 6) is -1.61. The van der Waals surface area contributed by atoms with Gasteiger partial charge in [0.25, 0.3) is 0 Å². The summed E-state index contributed by atoms with van der Waals surface area (Å²) in [5.41, 5.74) is 7.78. The third-order valence-electron chi connectivity index (χ3n) is 3.16. The zero-order valence-corrected chi connectivity index (χ0v) is 11.4. The molecule has 4 heteroatoms. The van der Waals surface area contributed by atoms with Crippen molar-refractivity contribution in [3.8, 4) is 0 Å². The lowest BCUT2D eigenvalue weighted by molar-refractivity contribution is 0.497. The molecule has 0 bridgehead atoms. The number of hydrogen-bond acceptors (Lipinski definition) is 2. The quantitative estimate of drug-likeness (QED) is 0.837. The molecule has 20 heavy (non-hydrogen) atoms. The summed E-state index contributed by atoms with van der Waals surface area (Å²) in [5, 5.41) is 0. The van der Waals surface area contributed by atoms with Crippen molar-refractivity contribution >= 4 is 11.4 Å². The second kappa shape index (κ2) is 6.37. The van der Waals surface area contributed by atoms with Gasteiger partial charge in [-0.15, -0.1) is 0 Å². The Bertz CT molecular complexity index is 584. The number of halogens is 2. The Morgan fingerprint density at radius 3 is 2.50 bits per heavy atom. The van der Waals surface area contributed by atoms with Crippen molar-refractivity contribution in [1.82, 2.24) is 0 Å². The van der Waals surface area contributed by atoms with Crippen molar-refractivity contribution in [2.45, 2.75) is 19.9 Å². The van der Waals surface area contributed by atoms with Crippen molar-refractivity contribution < 1.29 is 8.78 Å². The molecule has 0 saturated heterocycles. The van der Waals surface area contributed by atoms with Crippen LogP contribution in [0.25, 0.3) is 0 Å². The molecule has 2 aromatic carbocycles. The zero-order chi connectivity index (χ0) is 14.5. The number of nitrogen functional groups attached to an aromatic ring is 1. The van der Waals surface area contributed by atoms with E-state index in [-0.39, 0.29) is 0 Å². The Balaban J connectivity index is 2.31. The summed E-state index contributed by atoms with van der Waals surface area (Å²) in [4.78, 5) is 1.97. The van der Waals surface area contributed by atoms with Crippen molar-refractivity contribution in [2.75, 3.05) is 17.2 Å². The first kappa shape index (κ1) is 14.3. The van der Waals surface area contributed by atoms with Crippen LogP contribution < -0.4 is 10.6 Å². The van der Waals surface area contributed by atoms with Gasteiger partial charge in [-0.05, 0) is 24.6 Å². The maximum Gasteiger partial charge on any atom is 0.163 e. The number of para-hydroxylation sites is 2. The van der Waals surface area contributed by atoms with E-state index in [4.69, 9.17) is 5.73 Å². The third-order valence-corrected chi connectivity index (χ3v) is 3.16. The molecule has 0 aliphatic carbocycles. The van der Waals surface area contributed by atoms with Crippen LogP contribution in [-0.2, 0) is 6.54 Å². The Morgan fingerprint density at radius 2 is 1.80 bits per heavy atom. The van der Waals surface area contributed by atoms with E-state index in [1.54, 1.807) is 12.1 Å². The molecule has 106 valence electrons. The molecule has 2 nitrogen and oxygen atoms in total. The van der Waals surface area contributed by atoms with Gasteiger partial charge in [-0.3, -0.25) is 0 Å². The van der Waals surface area contributed by atoms with E-state index in [2.05, 4.69) is 0 Å². The van der Waals surface area contributed by atoms with E-state index in [0.29, 0.717) is 17.8 Å². The monoisotopic (exact) mass is 276 g/mol. The number of anilines is 2. The summed E-state index contributed by atoms with van der Waals surface area (Å²) < 4.78 is 27.1. The number of nitrogens with zero attached hydrogens (tertiary/aromatic N) is 1. The minimum Gasteiger partial charge on any atom is -0.397 e. The van der Waals surface area contributed by atoms with Gasteiger partial charge in [0.1, 0.15) is 0 Å². The highest BCUT2D eigenvalue weighted by molar-refractivity contribution is 5.67. The molecule has 0 unspecified atom stereocenters. The van der Waals surface area contributed by atoms with Gasteiger partial charge in [0.15, 0.2) is 11.6 Å². The van der Waals surface area contributed by atoms with Crippen molar-refractivity contribution in [3.05, 3.63) is 59.7 Å². The maximum absolute atomic E-state index is 13.8. The van der Waals surface area contributed by atoms with Crippen LogP contribution in [0.4, 0.5) is 20.2 Å². The van der Waals surface area contributed by atoms with E-state index < -0.39 is 11.6 Å². The molecule has 0 amide bonds. The van der Waals surface area contributed by atoms with Crippen molar-refractivity contribution in [2.24, 2.45) is 0 Å². The maximum atomic E-state index is 13.8. The Kier molecular flexibility index (Phi) is 4.56. The highest BCUT2D eigenvalue weighted by Crippen LogP contribution is 2.25. The van der Waals surface area contributed by atoms with Gasteiger partial charge in [0, 0.05) is 18.7 Å². The average Bonchev–Trinajstić information content (AvgIpc) is 2.44. The smallest absolute Gasteiger partial charge is 0.163 e. The first-order valence-electron chi connectivity index (χ1n) is 6.65. The first-order valence-corrected chi connectivity index (χ1v) is 6.65. The molecule has 0 radical (unpaired) electrons. The lowest BCUT2D eigenvalue weighted by Crippen LogP contribution is -2.25. The SMILES string of the molecule is CCCN(Cc1cccc(F)c1F)c1ccccc1N. The number of nitrogens with two attached hydrogens (primary N) is 1. The van der Waals surface area contributed by atoms with Gasteiger partial charge in [-0.25, -0.2) is 8.78 Å². The van der Waals surface area contributed by atoms with Gasteiger partial charge in [-0.2, -0.15) is 0 Å².